The molecule has 0 aromatic heterocycles. The van der Waals surface area contributed by atoms with Gasteiger partial charge in [0, 0.05) is 13.1 Å². The van der Waals surface area contributed by atoms with Crippen molar-refractivity contribution in [3.8, 4) is 6.07 Å². The molecule has 20 heavy (non-hydrogen) atoms. The number of imide groups is 1. The molecular weight excluding hydrogens is 254 g/mol. The fourth-order valence-corrected chi connectivity index (χ4v) is 2.21. The van der Waals surface area contributed by atoms with Crippen LogP contribution in [-0.4, -0.2) is 34.9 Å². The van der Waals surface area contributed by atoms with E-state index in [1.54, 1.807) is 11.9 Å². The second-order valence-corrected chi connectivity index (χ2v) is 5.12. The van der Waals surface area contributed by atoms with Crippen LogP contribution in [0.5, 0.6) is 0 Å². The lowest BCUT2D eigenvalue weighted by atomic mass is 10.0. The molecule has 0 fully saturated rings. The summed E-state index contributed by atoms with van der Waals surface area (Å²) in [5, 5.41) is 12.1. The molecule has 0 radical (unpaired) electrons. The summed E-state index contributed by atoms with van der Waals surface area (Å²) in [6.45, 7) is 7.16. The van der Waals surface area contributed by atoms with Crippen molar-refractivity contribution in [2.45, 2.75) is 52.9 Å². The van der Waals surface area contributed by atoms with Gasteiger partial charge in [0.25, 0.3) is 5.91 Å². The van der Waals surface area contributed by atoms with Gasteiger partial charge in [0.2, 0.25) is 5.91 Å². The summed E-state index contributed by atoms with van der Waals surface area (Å²) in [6, 6.07) is 1.93. The van der Waals surface area contributed by atoms with Gasteiger partial charge in [-0.05, 0) is 25.3 Å². The van der Waals surface area contributed by atoms with E-state index in [1.807, 2.05) is 6.07 Å². The average Bonchev–Trinajstić information content (AvgIpc) is 2.41. The third kappa shape index (κ3) is 3.67. The van der Waals surface area contributed by atoms with E-state index in [1.165, 1.54) is 5.01 Å². The lowest BCUT2D eigenvalue weighted by Gasteiger charge is -2.35. The molecule has 0 spiro atoms. The number of carbonyl (C=O) groups excluding carboxylic acids is 2. The topological polar surface area (TPSA) is 64.4 Å². The Morgan fingerprint density at radius 2 is 1.75 bits per heavy atom. The van der Waals surface area contributed by atoms with Crippen LogP contribution in [0.2, 0.25) is 0 Å². The van der Waals surface area contributed by atoms with Crippen molar-refractivity contribution in [3.63, 3.8) is 0 Å². The molecule has 0 bridgehead atoms. The highest BCUT2D eigenvalue weighted by Crippen LogP contribution is 2.21. The third-order valence-electron chi connectivity index (χ3n) is 3.42. The number of rotatable bonds is 7. The lowest BCUT2D eigenvalue weighted by molar-refractivity contribution is -0.162. The Morgan fingerprint density at radius 1 is 1.20 bits per heavy atom. The molecule has 1 aliphatic rings. The maximum atomic E-state index is 12.3. The molecule has 0 N–H and O–H groups in total. The molecule has 0 saturated heterocycles. The quantitative estimate of drug-likeness (QED) is 0.670. The molecule has 0 atom stereocenters. The minimum Gasteiger partial charge on any atom is -0.273 e. The Labute approximate surface area is 120 Å². The summed E-state index contributed by atoms with van der Waals surface area (Å²) in [6.07, 6.45) is 4.00. The molecule has 5 heteroatoms. The zero-order valence-corrected chi connectivity index (χ0v) is 12.6. The van der Waals surface area contributed by atoms with Crippen LogP contribution in [0.4, 0.5) is 0 Å². The minimum atomic E-state index is -0.464. The van der Waals surface area contributed by atoms with E-state index in [-0.39, 0.29) is 17.9 Å². The fraction of sp³-hybridized carbons (Fsp3) is 0.667. The summed E-state index contributed by atoms with van der Waals surface area (Å²) >= 11 is 0. The van der Waals surface area contributed by atoms with E-state index >= 15 is 0 Å². The molecule has 0 aromatic rings. The second kappa shape index (κ2) is 7.81. The first-order valence-electron chi connectivity index (χ1n) is 7.28. The summed E-state index contributed by atoms with van der Waals surface area (Å²) in [5.74, 6) is -0.688. The van der Waals surface area contributed by atoms with Gasteiger partial charge in [0.05, 0.1) is 6.42 Å². The average molecular weight is 277 g/mol. The summed E-state index contributed by atoms with van der Waals surface area (Å²) in [7, 11) is 0. The maximum absolute atomic E-state index is 12.3. The van der Waals surface area contributed by atoms with E-state index < -0.39 is 5.91 Å². The van der Waals surface area contributed by atoms with E-state index in [4.69, 9.17) is 5.26 Å². The predicted octanol–water partition coefficient (Wildman–Crippen LogP) is 2.40. The molecular formula is C15H23N3O2. The zero-order valence-electron chi connectivity index (χ0n) is 12.6. The van der Waals surface area contributed by atoms with Gasteiger partial charge in [0.1, 0.15) is 11.6 Å². The SMILES string of the molecule is CCCCN(CCCC)N1C(=O)CC(C)=C(C#N)C1=O. The van der Waals surface area contributed by atoms with Gasteiger partial charge in [-0.25, -0.2) is 10.0 Å². The van der Waals surface area contributed by atoms with Crippen molar-refractivity contribution >= 4 is 11.8 Å². The van der Waals surface area contributed by atoms with Crippen molar-refractivity contribution in [3.05, 3.63) is 11.1 Å². The first-order valence-corrected chi connectivity index (χ1v) is 7.28. The molecule has 1 aliphatic heterocycles. The second-order valence-electron chi connectivity index (χ2n) is 5.12. The summed E-state index contributed by atoms with van der Waals surface area (Å²) in [4.78, 5) is 24.5. The molecule has 5 nitrogen and oxygen atoms in total. The number of hydrogen-bond acceptors (Lipinski definition) is 4. The predicted molar refractivity (Wildman–Crippen MR) is 76.2 cm³/mol. The minimum absolute atomic E-state index is 0.114. The fourth-order valence-electron chi connectivity index (χ4n) is 2.21. The van der Waals surface area contributed by atoms with E-state index in [9.17, 15) is 9.59 Å². The first kappa shape index (κ1) is 16.4. The van der Waals surface area contributed by atoms with E-state index in [2.05, 4.69) is 13.8 Å². The summed E-state index contributed by atoms with van der Waals surface area (Å²) in [5.41, 5.74) is 0.687. The molecule has 110 valence electrons. The van der Waals surface area contributed by atoms with Gasteiger partial charge in [-0.2, -0.15) is 5.26 Å². The van der Waals surface area contributed by atoms with E-state index in [0.29, 0.717) is 18.7 Å². The number of nitriles is 1. The van der Waals surface area contributed by atoms with Gasteiger partial charge in [-0.1, -0.05) is 26.7 Å². The van der Waals surface area contributed by atoms with Crippen LogP contribution in [0.3, 0.4) is 0 Å². The van der Waals surface area contributed by atoms with Gasteiger partial charge in [-0.3, -0.25) is 9.59 Å². The number of nitrogens with zero attached hydrogens (tertiary/aromatic N) is 3. The normalized spacial score (nSPS) is 16.1. The zero-order chi connectivity index (χ0) is 15.1. The highest BCUT2D eigenvalue weighted by atomic mass is 16.2. The van der Waals surface area contributed by atoms with E-state index in [0.717, 1.165) is 25.7 Å². The van der Waals surface area contributed by atoms with Crippen molar-refractivity contribution in [2.24, 2.45) is 0 Å². The molecule has 2 amide bonds. The molecule has 0 unspecified atom stereocenters. The van der Waals surface area contributed by atoms with Crippen LogP contribution in [0.1, 0.15) is 52.9 Å². The van der Waals surface area contributed by atoms with Gasteiger partial charge in [-0.15, -0.1) is 0 Å². The molecule has 1 rings (SSSR count). The highest BCUT2D eigenvalue weighted by Gasteiger charge is 2.35. The Bertz CT molecular complexity index is 441. The Kier molecular flexibility index (Phi) is 6.40. The number of amides is 2. The largest absolute Gasteiger partial charge is 0.285 e. The maximum Gasteiger partial charge on any atom is 0.285 e. The summed E-state index contributed by atoms with van der Waals surface area (Å²) < 4.78 is 0. The smallest absolute Gasteiger partial charge is 0.273 e. The van der Waals surface area contributed by atoms with Crippen molar-refractivity contribution in [2.75, 3.05) is 13.1 Å². The van der Waals surface area contributed by atoms with Crippen molar-refractivity contribution in [1.82, 2.24) is 10.0 Å². The molecule has 0 aliphatic carbocycles. The van der Waals surface area contributed by atoms with Crippen LogP contribution in [0, 0.1) is 11.3 Å². The van der Waals surface area contributed by atoms with Gasteiger partial charge >= 0.3 is 0 Å². The number of unbranched alkanes of at least 4 members (excludes halogenated alkanes) is 2. The van der Waals surface area contributed by atoms with Gasteiger partial charge < -0.3 is 0 Å². The lowest BCUT2D eigenvalue weighted by Crippen LogP contribution is -2.53. The number of carbonyl (C=O) groups is 2. The molecule has 0 saturated carbocycles. The third-order valence-corrected chi connectivity index (χ3v) is 3.42. The Morgan fingerprint density at radius 3 is 2.20 bits per heavy atom. The van der Waals surface area contributed by atoms with Crippen molar-refractivity contribution in [1.29, 1.82) is 5.26 Å². The number of hydrazine groups is 1. The van der Waals surface area contributed by atoms with Crippen LogP contribution < -0.4 is 0 Å². The highest BCUT2D eigenvalue weighted by molar-refractivity contribution is 6.10. The van der Waals surface area contributed by atoms with Crippen molar-refractivity contribution < 1.29 is 9.59 Å². The number of hydrogen-bond donors (Lipinski definition) is 0. The van der Waals surface area contributed by atoms with Gasteiger partial charge in [0.15, 0.2) is 0 Å². The Balaban J connectivity index is 2.97. The van der Waals surface area contributed by atoms with Crippen LogP contribution in [0.25, 0.3) is 0 Å². The standard InChI is InChI=1S/C15H23N3O2/c1-4-6-8-17(9-7-5-2)18-14(19)10-12(3)13(11-16)15(18)20/h4-10H2,1-3H3. The monoisotopic (exact) mass is 277 g/mol. The molecule has 1 heterocycles. The first-order chi connectivity index (χ1) is 9.56. The van der Waals surface area contributed by atoms with Crippen LogP contribution in [0.15, 0.2) is 11.1 Å². The van der Waals surface area contributed by atoms with Crippen LogP contribution in [-0.2, 0) is 9.59 Å². The van der Waals surface area contributed by atoms with Crippen LogP contribution >= 0.6 is 0 Å². The molecule has 0 aromatic carbocycles. The Hall–Kier alpha value is -1.67.